The number of anilines is 3. The van der Waals surface area contributed by atoms with Gasteiger partial charge in [-0.05, 0) is 115 Å². The fraction of sp³-hybridized carbons (Fsp3) is 0.333. The molecule has 9 heterocycles. The van der Waals surface area contributed by atoms with Crippen molar-refractivity contribution in [2.24, 2.45) is 11.5 Å². The monoisotopic (exact) mass is 1380 g/mol. The van der Waals surface area contributed by atoms with Crippen LogP contribution in [-0.2, 0) is 27.9 Å². The Morgan fingerprint density at radius 1 is 0.719 bits per heavy atom. The van der Waals surface area contributed by atoms with Crippen LogP contribution < -0.4 is 48.7 Å². The van der Waals surface area contributed by atoms with Crippen LogP contribution in [0.4, 0.5) is 21.8 Å². The molecule has 4 fully saturated rings. The first-order chi connectivity index (χ1) is 46.5. The normalized spacial score (nSPS) is 17.9. The number of thiocarbonyl (C=S) groups is 2. The highest BCUT2D eigenvalue weighted by Crippen LogP contribution is 2.43. The van der Waals surface area contributed by atoms with Crippen molar-refractivity contribution in [2.45, 2.75) is 100 Å². The van der Waals surface area contributed by atoms with Gasteiger partial charge in [0.05, 0.1) is 28.3 Å². The number of fused-ring (bicyclic) bond motifs is 4. The molecule has 22 nitrogen and oxygen atoms in total. The van der Waals surface area contributed by atoms with Crippen LogP contribution in [0.15, 0.2) is 128 Å². The van der Waals surface area contributed by atoms with Gasteiger partial charge in [0.25, 0.3) is 5.91 Å². The Bertz CT molecular complexity index is 4730. The molecule has 27 heteroatoms. The number of piperidine rings is 2. The van der Waals surface area contributed by atoms with Crippen LogP contribution in [0.25, 0.3) is 65.4 Å². The van der Waals surface area contributed by atoms with E-state index in [4.69, 9.17) is 46.6 Å². The number of aromatic amines is 2. The second kappa shape index (κ2) is 27.7. The number of nitrogens with zero attached hydrogens (tertiary/aromatic N) is 7. The second-order valence-electron chi connectivity index (χ2n) is 25.3. The molecule has 4 saturated heterocycles. The summed E-state index contributed by atoms with van der Waals surface area (Å²) in [6.45, 7) is 3.35. The SMILES string of the molecule is NC(=S)c1cccc(-c2cn(C3CCN(c4ncc(-c5cc(C(N)=S)cc(-c6cn(C7CCN(S(=O)(=O)CCCNC(=O)CCCC[C@@H]8SC[C@@H]9NC(=O)N[C@@H]98)CC7)c7cc(CNC(=O)c8c[nH]c9ccccc89)ccc67)c5)s4)CC3)c3cc(CNc4nnc(N)[nH]4)ccc23)c1. The number of sulfonamides is 1. The molecule has 0 unspecified atom stereocenters. The van der Waals surface area contributed by atoms with Crippen LogP contribution in [-0.4, -0.2) is 136 Å². The molecule has 0 bridgehead atoms. The minimum Gasteiger partial charge on any atom is -0.389 e. The average molecular weight is 1380 g/mol. The number of rotatable bonds is 24. The fourth-order valence-electron chi connectivity index (χ4n) is 14.1. The highest BCUT2D eigenvalue weighted by Gasteiger charge is 2.42. The van der Waals surface area contributed by atoms with E-state index in [9.17, 15) is 22.8 Å². The van der Waals surface area contributed by atoms with Crippen LogP contribution in [0.3, 0.4) is 0 Å². The predicted molar refractivity (Wildman–Crippen MR) is 391 cm³/mol. The van der Waals surface area contributed by atoms with Crippen molar-refractivity contribution in [3.63, 3.8) is 0 Å². The van der Waals surface area contributed by atoms with Gasteiger partial charge < -0.3 is 62.8 Å². The quantitative estimate of drug-likeness (QED) is 0.0153. The average Bonchev–Trinajstić information content (AvgIpc) is 1.61. The Kier molecular flexibility index (Phi) is 18.6. The number of thioether (sulfide) groups is 1. The van der Waals surface area contributed by atoms with Crippen molar-refractivity contribution in [1.82, 2.24) is 59.9 Å². The highest BCUT2D eigenvalue weighted by atomic mass is 32.2. The van der Waals surface area contributed by atoms with Gasteiger partial charge in [-0.2, -0.15) is 11.8 Å². The van der Waals surface area contributed by atoms with Crippen LogP contribution in [0.1, 0.15) is 102 Å². The van der Waals surface area contributed by atoms with Gasteiger partial charge in [0.2, 0.25) is 27.8 Å². The molecule has 4 aliphatic heterocycles. The van der Waals surface area contributed by atoms with Gasteiger partial charge in [-0.15, -0.1) is 10.2 Å². The summed E-state index contributed by atoms with van der Waals surface area (Å²) in [5.74, 6) is 1.32. The summed E-state index contributed by atoms with van der Waals surface area (Å²) >= 11 is 14.6. The molecule has 0 spiro atoms. The highest BCUT2D eigenvalue weighted by molar-refractivity contribution is 8.00. The van der Waals surface area contributed by atoms with Gasteiger partial charge in [0.15, 0.2) is 5.13 Å². The smallest absolute Gasteiger partial charge is 0.315 e. The molecule has 4 aliphatic rings. The number of para-hydroxylation sites is 1. The molecule has 14 rings (SSSR count). The number of H-pyrrole nitrogens is 2. The van der Waals surface area contributed by atoms with E-state index in [1.165, 1.54) is 0 Å². The van der Waals surface area contributed by atoms with Crippen LogP contribution in [0.5, 0.6) is 0 Å². The Morgan fingerprint density at radius 2 is 1.42 bits per heavy atom. The molecule has 4 amide bonds. The van der Waals surface area contributed by atoms with Gasteiger partial charge in [-0.3, -0.25) is 14.6 Å². The fourth-order valence-corrected chi connectivity index (χ4v) is 18.4. The number of urea groups is 1. The zero-order valence-electron chi connectivity index (χ0n) is 52.7. The number of benzene rings is 5. The maximum atomic E-state index is 13.9. The van der Waals surface area contributed by atoms with Crippen LogP contribution >= 0.6 is 47.5 Å². The summed E-state index contributed by atoms with van der Waals surface area (Å²) in [5.41, 5.74) is 30.4. The number of nitrogens with one attached hydrogen (secondary N) is 7. The van der Waals surface area contributed by atoms with Gasteiger partial charge in [-0.1, -0.05) is 103 Å². The molecule has 3 atom stereocenters. The Hall–Kier alpha value is -8.86. The number of aromatic nitrogens is 7. The summed E-state index contributed by atoms with van der Waals surface area (Å²) in [6.07, 6.45) is 14.3. The predicted octanol–water partition coefficient (Wildman–Crippen LogP) is 10.1. The summed E-state index contributed by atoms with van der Waals surface area (Å²) < 4.78 is 34.1. The van der Waals surface area contributed by atoms with Crippen molar-refractivity contribution in [2.75, 3.05) is 60.2 Å². The minimum absolute atomic E-state index is 0.0472. The number of nitrogens with two attached hydrogens (primary N) is 3. The summed E-state index contributed by atoms with van der Waals surface area (Å²) in [6, 6.07) is 35.3. The number of hydrogen-bond acceptors (Lipinski definition) is 15. The van der Waals surface area contributed by atoms with Crippen molar-refractivity contribution in [3.05, 3.63) is 156 Å². The van der Waals surface area contributed by atoms with E-state index in [1.54, 1.807) is 21.8 Å². The third-order valence-electron chi connectivity index (χ3n) is 19.1. The second-order valence-corrected chi connectivity index (χ2v) is 30.5. The molecule has 0 radical (unpaired) electrons. The number of unbranched alkanes of at least 4 members (excludes halogenated alkanes) is 1. The minimum atomic E-state index is -3.61. The third-order valence-corrected chi connectivity index (χ3v) is 24.2. The number of amides is 4. The first kappa shape index (κ1) is 64.5. The van der Waals surface area contributed by atoms with Crippen molar-refractivity contribution < 1.29 is 22.8 Å². The van der Waals surface area contributed by atoms with E-state index in [-0.39, 0.29) is 71.8 Å². The van der Waals surface area contributed by atoms with E-state index in [2.05, 4.69) is 122 Å². The summed E-state index contributed by atoms with van der Waals surface area (Å²) in [7, 11) is -3.61. The lowest BCUT2D eigenvalue weighted by molar-refractivity contribution is -0.121. The first-order valence-corrected chi connectivity index (χ1v) is 36.9. The van der Waals surface area contributed by atoms with Gasteiger partial charge in [0, 0.05) is 155 Å². The lowest BCUT2D eigenvalue weighted by Crippen LogP contribution is -2.40. The molecule has 0 saturated carbocycles. The maximum Gasteiger partial charge on any atom is 0.315 e. The molecule has 496 valence electrons. The third kappa shape index (κ3) is 13.8. The topological polar surface area (TPSA) is 310 Å². The molecular weight excluding hydrogens is 1310 g/mol. The Labute approximate surface area is 574 Å². The summed E-state index contributed by atoms with van der Waals surface area (Å²) in [5, 5.41) is 27.6. The molecule has 5 aromatic carbocycles. The first-order valence-electron chi connectivity index (χ1n) is 32.6. The van der Waals surface area contributed by atoms with Crippen LogP contribution in [0.2, 0.25) is 0 Å². The zero-order chi connectivity index (χ0) is 66.2. The van der Waals surface area contributed by atoms with E-state index >= 15 is 0 Å². The van der Waals surface area contributed by atoms with E-state index in [0.29, 0.717) is 72.6 Å². The van der Waals surface area contributed by atoms with Crippen molar-refractivity contribution >= 4 is 135 Å². The largest absolute Gasteiger partial charge is 0.389 e. The zero-order valence-corrected chi connectivity index (χ0v) is 56.8. The lowest BCUT2D eigenvalue weighted by Gasteiger charge is -2.33. The van der Waals surface area contributed by atoms with Gasteiger partial charge in [0.1, 0.15) is 9.98 Å². The molecular formula is C69H75N17O5S5. The van der Waals surface area contributed by atoms with Gasteiger partial charge >= 0.3 is 6.03 Å². The van der Waals surface area contributed by atoms with Crippen molar-refractivity contribution in [1.29, 1.82) is 0 Å². The molecule has 10 aromatic rings. The molecule has 13 N–H and O–H groups in total. The standard InChI is InChI=1S/C69H75N17O5S5/c70-63(92)43-8-5-7-42(29-43)53-37-85(57-28-41(14-15-50(53)57)34-76-67-80-66(72)81-82-67)47-17-22-83(23-18-47)69-77-36-60(95-69)45-30-44(31-46(32-45)64(71)93)54-38-86(58-27-40(13-16-51(54)58)33-75-65(88)52-35-74-55-10-2-1-9-49(52)55)48-19-24-84(25-20-48)96(90,91)26-6-21-73-61(87)12-4-3-11-59-62-56(39-94-59)78-68(89)79-62/h1-2,5,7-10,13-16,27-32,35-38,47-48,56,59,62,74H,3-4,6,11-12,17-26,33-34,39H2,(H2,70,92)(H2,71,93)(H,73,87)(H,75,88)(H2,78,79,89)(H4,72,76,80,81,82)/t56-,59-,62-/m0/s1. The molecule has 0 aliphatic carbocycles. The Balaban J connectivity index is 0.672. The number of thiazole rings is 1. The molecule has 96 heavy (non-hydrogen) atoms. The maximum absolute atomic E-state index is 13.9. The number of hydrogen-bond donors (Lipinski definition) is 10. The summed E-state index contributed by atoms with van der Waals surface area (Å²) in [4.78, 5) is 53.4. The van der Waals surface area contributed by atoms with E-state index in [0.717, 1.165) is 138 Å². The van der Waals surface area contributed by atoms with Crippen LogP contribution in [0, 0.1) is 0 Å². The molecule has 5 aromatic heterocycles. The Morgan fingerprint density at radius 3 is 2.15 bits per heavy atom. The van der Waals surface area contributed by atoms with E-state index in [1.807, 2.05) is 72.6 Å². The van der Waals surface area contributed by atoms with Gasteiger partial charge in [-0.25, -0.2) is 22.5 Å². The number of carbonyl (C=O) groups excluding carboxylic acids is 3. The van der Waals surface area contributed by atoms with E-state index < -0.39 is 10.0 Å². The van der Waals surface area contributed by atoms with Crippen molar-refractivity contribution in [3.8, 4) is 32.7 Å². The number of nitrogen functional groups attached to an aromatic ring is 1. The number of carbonyl (C=O) groups is 3. The lowest BCUT2D eigenvalue weighted by atomic mass is 9.98.